The lowest BCUT2D eigenvalue weighted by Crippen LogP contribution is -2.38. The van der Waals surface area contributed by atoms with Gasteiger partial charge in [0.15, 0.2) is 11.5 Å². The standard InChI is InChI=1S/C18H15F2NO3S/c19-12-3-1-11(2-4-12)18-23-15-9-13(14(20)10-16(15)24-18)17(22)21-5-7-25-8-6-21/h1-4,9-10,18H,5-8H2. The van der Waals surface area contributed by atoms with E-state index < -0.39 is 12.1 Å². The Morgan fingerprint density at radius 2 is 1.68 bits per heavy atom. The van der Waals surface area contributed by atoms with E-state index in [9.17, 15) is 13.6 Å². The summed E-state index contributed by atoms with van der Waals surface area (Å²) in [5.41, 5.74) is 0.591. The van der Waals surface area contributed by atoms with Gasteiger partial charge in [0.2, 0.25) is 0 Å². The summed E-state index contributed by atoms with van der Waals surface area (Å²) in [6, 6.07) is 8.24. The van der Waals surface area contributed by atoms with E-state index in [1.54, 1.807) is 28.8 Å². The average molecular weight is 363 g/mol. The van der Waals surface area contributed by atoms with Gasteiger partial charge in [-0.1, -0.05) is 0 Å². The van der Waals surface area contributed by atoms with Gasteiger partial charge in [0.05, 0.1) is 5.56 Å². The van der Waals surface area contributed by atoms with Gasteiger partial charge in [0.1, 0.15) is 11.6 Å². The molecule has 0 aromatic heterocycles. The van der Waals surface area contributed by atoms with Crippen LogP contribution in [0.2, 0.25) is 0 Å². The molecule has 0 radical (unpaired) electrons. The van der Waals surface area contributed by atoms with Crippen LogP contribution in [-0.2, 0) is 0 Å². The number of benzene rings is 2. The molecule has 2 aromatic rings. The van der Waals surface area contributed by atoms with Crippen LogP contribution in [0.5, 0.6) is 11.5 Å². The van der Waals surface area contributed by atoms with Crippen LogP contribution in [-0.4, -0.2) is 35.4 Å². The minimum Gasteiger partial charge on any atom is -0.447 e. The van der Waals surface area contributed by atoms with Crippen LogP contribution in [0.4, 0.5) is 8.78 Å². The van der Waals surface area contributed by atoms with Crippen LogP contribution in [0.25, 0.3) is 0 Å². The fourth-order valence-electron chi connectivity index (χ4n) is 2.83. The predicted octanol–water partition coefficient (Wildman–Crippen LogP) is 3.62. The maximum Gasteiger partial charge on any atom is 0.267 e. The zero-order valence-electron chi connectivity index (χ0n) is 13.2. The Kier molecular flexibility index (Phi) is 4.25. The van der Waals surface area contributed by atoms with Crippen molar-refractivity contribution in [1.82, 2.24) is 4.90 Å². The molecule has 2 aliphatic rings. The largest absolute Gasteiger partial charge is 0.447 e. The quantitative estimate of drug-likeness (QED) is 0.817. The average Bonchev–Trinajstić information content (AvgIpc) is 3.04. The molecule has 0 N–H and O–H groups in total. The molecular weight excluding hydrogens is 348 g/mol. The first-order valence-electron chi connectivity index (χ1n) is 7.91. The van der Waals surface area contributed by atoms with E-state index >= 15 is 0 Å². The van der Waals surface area contributed by atoms with Gasteiger partial charge in [-0.05, 0) is 30.3 Å². The highest BCUT2D eigenvalue weighted by Gasteiger charge is 2.30. The molecule has 1 unspecified atom stereocenters. The maximum atomic E-state index is 14.4. The molecule has 2 aromatic carbocycles. The summed E-state index contributed by atoms with van der Waals surface area (Å²) >= 11 is 1.78. The second-order valence-electron chi connectivity index (χ2n) is 5.80. The molecule has 7 heteroatoms. The Balaban J connectivity index is 1.58. The van der Waals surface area contributed by atoms with Crippen molar-refractivity contribution in [2.45, 2.75) is 6.29 Å². The number of hydrogen-bond donors (Lipinski definition) is 0. The van der Waals surface area contributed by atoms with Gasteiger partial charge in [0.25, 0.3) is 12.2 Å². The summed E-state index contributed by atoms with van der Waals surface area (Å²) in [6.07, 6.45) is -0.785. The summed E-state index contributed by atoms with van der Waals surface area (Å²) in [5, 5.41) is 0. The number of amides is 1. The lowest BCUT2D eigenvalue weighted by atomic mass is 10.1. The van der Waals surface area contributed by atoms with E-state index in [0.29, 0.717) is 24.4 Å². The molecule has 1 fully saturated rings. The second-order valence-corrected chi connectivity index (χ2v) is 7.03. The van der Waals surface area contributed by atoms with Gasteiger partial charge in [-0.15, -0.1) is 0 Å². The molecule has 1 saturated heterocycles. The van der Waals surface area contributed by atoms with E-state index in [4.69, 9.17) is 9.47 Å². The molecule has 1 atom stereocenters. The minimum absolute atomic E-state index is 0.0194. The van der Waals surface area contributed by atoms with Gasteiger partial charge >= 0.3 is 0 Å². The number of fused-ring (bicyclic) bond motifs is 1. The van der Waals surface area contributed by atoms with Gasteiger partial charge in [-0.3, -0.25) is 4.79 Å². The first kappa shape index (κ1) is 16.2. The van der Waals surface area contributed by atoms with E-state index in [0.717, 1.165) is 11.5 Å². The number of ether oxygens (including phenoxy) is 2. The minimum atomic E-state index is -0.785. The highest BCUT2D eigenvalue weighted by atomic mass is 32.2. The first-order valence-corrected chi connectivity index (χ1v) is 9.06. The van der Waals surface area contributed by atoms with Crippen molar-refractivity contribution in [3.8, 4) is 11.5 Å². The molecule has 0 bridgehead atoms. The Labute approximate surface area is 147 Å². The van der Waals surface area contributed by atoms with E-state index in [1.165, 1.54) is 24.3 Å². The van der Waals surface area contributed by atoms with Gasteiger partial charge in [0, 0.05) is 36.2 Å². The van der Waals surface area contributed by atoms with Crippen LogP contribution < -0.4 is 9.47 Å². The van der Waals surface area contributed by atoms with Gasteiger partial charge in [-0.25, -0.2) is 8.78 Å². The van der Waals surface area contributed by atoms with E-state index in [1.807, 2.05) is 0 Å². The first-order chi connectivity index (χ1) is 12.1. The lowest BCUT2D eigenvalue weighted by molar-refractivity contribution is 0.0485. The SMILES string of the molecule is O=C(c1cc2c(cc1F)OC(c1ccc(F)cc1)O2)N1CCSCC1. The van der Waals surface area contributed by atoms with Crippen LogP contribution in [0.3, 0.4) is 0 Å². The third-order valence-corrected chi connectivity index (χ3v) is 5.11. The lowest BCUT2D eigenvalue weighted by Gasteiger charge is -2.26. The zero-order chi connectivity index (χ0) is 17.4. The van der Waals surface area contributed by atoms with Crippen molar-refractivity contribution in [3.63, 3.8) is 0 Å². The van der Waals surface area contributed by atoms with Crippen LogP contribution in [0.1, 0.15) is 22.2 Å². The van der Waals surface area contributed by atoms with Crippen LogP contribution in [0.15, 0.2) is 36.4 Å². The third-order valence-electron chi connectivity index (χ3n) is 4.17. The van der Waals surface area contributed by atoms with Crippen LogP contribution in [0, 0.1) is 11.6 Å². The molecule has 2 heterocycles. The number of carbonyl (C=O) groups is 1. The van der Waals surface area contributed by atoms with Gasteiger partial charge < -0.3 is 14.4 Å². The zero-order valence-corrected chi connectivity index (χ0v) is 14.0. The second kappa shape index (κ2) is 6.55. The van der Waals surface area contributed by atoms with Gasteiger partial charge in [-0.2, -0.15) is 11.8 Å². The molecule has 0 saturated carbocycles. The van der Waals surface area contributed by atoms with E-state index in [2.05, 4.69) is 0 Å². The summed E-state index contributed by atoms with van der Waals surface area (Å²) < 4.78 is 38.7. The summed E-state index contributed by atoms with van der Waals surface area (Å²) in [4.78, 5) is 14.2. The van der Waals surface area contributed by atoms with Crippen molar-refractivity contribution in [2.75, 3.05) is 24.6 Å². The number of carbonyl (C=O) groups excluding carboxylic acids is 1. The number of rotatable bonds is 2. The smallest absolute Gasteiger partial charge is 0.267 e. The molecule has 1 amide bonds. The summed E-state index contributed by atoms with van der Waals surface area (Å²) in [6.45, 7) is 1.21. The highest BCUT2D eigenvalue weighted by molar-refractivity contribution is 7.99. The molecule has 4 rings (SSSR count). The number of hydrogen-bond acceptors (Lipinski definition) is 4. The molecule has 130 valence electrons. The van der Waals surface area contributed by atoms with E-state index in [-0.39, 0.29) is 23.0 Å². The monoisotopic (exact) mass is 363 g/mol. The molecule has 2 aliphatic heterocycles. The number of thioether (sulfide) groups is 1. The predicted molar refractivity (Wildman–Crippen MR) is 90.0 cm³/mol. The molecule has 25 heavy (non-hydrogen) atoms. The normalized spacial score (nSPS) is 19.1. The Bertz CT molecular complexity index is 807. The third kappa shape index (κ3) is 3.16. The Morgan fingerprint density at radius 3 is 2.36 bits per heavy atom. The summed E-state index contributed by atoms with van der Waals surface area (Å²) in [7, 11) is 0. The molecule has 4 nitrogen and oxygen atoms in total. The number of halogens is 2. The van der Waals surface area contributed by atoms with Crippen molar-refractivity contribution < 1.29 is 23.0 Å². The van der Waals surface area contributed by atoms with Crippen molar-refractivity contribution >= 4 is 17.7 Å². The number of nitrogens with zero attached hydrogens (tertiary/aromatic N) is 1. The van der Waals surface area contributed by atoms with Crippen LogP contribution >= 0.6 is 11.8 Å². The van der Waals surface area contributed by atoms with Crippen molar-refractivity contribution in [1.29, 1.82) is 0 Å². The molecule has 0 aliphatic carbocycles. The molecule has 0 spiro atoms. The van der Waals surface area contributed by atoms with Crippen molar-refractivity contribution in [2.24, 2.45) is 0 Å². The summed E-state index contributed by atoms with van der Waals surface area (Å²) in [5.74, 6) is 0.912. The topological polar surface area (TPSA) is 38.8 Å². The Morgan fingerprint density at radius 1 is 1.04 bits per heavy atom. The van der Waals surface area contributed by atoms with Crippen molar-refractivity contribution in [3.05, 3.63) is 59.2 Å². The maximum absolute atomic E-state index is 14.4. The highest BCUT2D eigenvalue weighted by Crippen LogP contribution is 2.42. The fourth-order valence-corrected chi connectivity index (χ4v) is 3.73. The fraction of sp³-hybridized carbons (Fsp3) is 0.278. The molecular formula is C18H15F2NO3S. The Hall–Kier alpha value is -2.28.